The molecule has 1 aromatic heterocycles. The Balaban J connectivity index is 2.22. The highest BCUT2D eigenvalue weighted by atomic mass is 35.5. The summed E-state index contributed by atoms with van der Waals surface area (Å²) < 4.78 is 42.9. The standard InChI is InChI=1S/C12H11ClF2N3O5P/c1-6-2-3-8(7(14)4-6)16-12(19)10-9(15)11(13)18(17-10)5-23-24(20,21)22/h2-4H,5H2,1H3,(H,16,19)(H2,20,21,22). The number of hydrogen-bond acceptors (Lipinski definition) is 4. The van der Waals surface area contributed by atoms with E-state index in [0.29, 0.717) is 10.2 Å². The fraction of sp³-hybridized carbons (Fsp3) is 0.167. The van der Waals surface area contributed by atoms with Gasteiger partial charge in [0.1, 0.15) is 5.82 Å². The van der Waals surface area contributed by atoms with E-state index < -0.39 is 42.9 Å². The first-order valence-corrected chi connectivity index (χ1v) is 8.18. The predicted molar refractivity (Wildman–Crippen MR) is 79.4 cm³/mol. The lowest BCUT2D eigenvalue weighted by molar-refractivity contribution is 0.101. The third kappa shape index (κ3) is 4.37. The Hall–Kier alpha value is -1.84. The summed E-state index contributed by atoms with van der Waals surface area (Å²) in [5.74, 6) is -3.05. The number of carbonyl (C=O) groups is 1. The first kappa shape index (κ1) is 18.5. The Morgan fingerprint density at radius 2 is 2.12 bits per heavy atom. The number of nitrogens with one attached hydrogen (secondary N) is 1. The molecule has 0 fully saturated rings. The number of aryl methyl sites for hydroxylation is 1. The van der Waals surface area contributed by atoms with Crippen molar-refractivity contribution in [3.8, 4) is 0 Å². The van der Waals surface area contributed by atoms with Crippen molar-refractivity contribution >= 4 is 31.0 Å². The molecule has 8 nitrogen and oxygen atoms in total. The zero-order chi connectivity index (χ0) is 18.1. The Morgan fingerprint density at radius 1 is 1.46 bits per heavy atom. The number of hydrogen-bond donors (Lipinski definition) is 3. The van der Waals surface area contributed by atoms with E-state index in [1.54, 1.807) is 6.92 Å². The first-order valence-electron chi connectivity index (χ1n) is 6.28. The van der Waals surface area contributed by atoms with Gasteiger partial charge < -0.3 is 15.1 Å². The van der Waals surface area contributed by atoms with Gasteiger partial charge in [0, 0.05) is 0 Å². The third-order valence-corrected chi connectivity index (χ3v) is 3.59. The smallest absolute Gasteiger partial charge is 0.318 e. The van der Waals surface area contributed by atoms with Crippen molar-refractivity contribution in [3.05, 3.63) is 46.2 Å². The predicted octanol–water partition coefficient (Wildman–Crippen LogP) is 2.44. The van der Waals surface area contributed by atoms with Gasteiger partial charge in [0.25, 0.3) is 5.91 Å². The zero-order valence-corrected chi connectivity index (χ0v) is 13.7. The highest BCUT2D eigenvalue weighted by Gasteiger charge is 2.24. The Labute approximate surface area is 139 Å². The molecule has 0 unspecified atom stereocenters. The van der Waals surface area contributed by atoms with Crippen LogP contribution >= 0.6 is 19.4 Å². The lowest BCUT2D eigenvalue weighted by Crippen LogP contribution is -2.15. The summed E-state index contributed by atoms with van der Waals surface area (Å²) >= 11 is 5.58. The summed E-state index contributed by atoms with van der Waals surface area (Å²) in [5.41, 5.74) is -0.352. The van der Waals surface area contributed by atoms with Crippen molar-refractivity contribution in [2.75, 3.05) is 5.32 Å². The molecule has 1 aromatic carbocycles. The summed E-state index contributed by atoms with van der Waals surface area (Å²) in [4.78, 5) is 29.2. The van der Waals surface area contributed by atoms with Crippen LogP contribution in [0.25, 0.3) is 0 Å². The molecule has 0 aliphatic heterocycles. The number of rotatable bonds is 5. The Kier molecular flexibility index (Phi) is 5.36. The molecule has 0 radical (unpaired) electrons. The average Bonchev–Trinajstić information content (AvgIpc) is 2.75. The molecule has 12 heteroatoms. The number of amides is 1. The molecule has 24 heavy (non-hydrogen) atoms. The van der Waals surface area contributed by atoms with Crippen LogP contribution in [-0.2, 0) is 15.8 Å². The van der Waals surface area contributed by atoms with Gasteiger partial charge in [-0.25, -0.2) is 18.0 Å². The SMILES string of the molecule is Cc1ccc(NC(=O)c2nn(COP(=O)(O)O)c(Cl)c2F)c(F)c1. The zero-order valence-electron chi connectivity index (χ0n) is 12.0. The van der Waals surface area contributed by atoms with Crippen molar-refractivity contribution in [1.82, 2.24) is 9.78 Å². The number of aromatic nitrogens is 2. The van der Waals surface area contributed by atoms with Gasteiger partial charge in [-0.2, -0.15) is 5.10 Å². The molecule has 0 saturated heterocycles. The number of phosphoric acid groups is 1. The summed E-state index contributed by atoms with van der Waals surface area (Å²) in [6, 6.07) is 4.00. The van der Waals surface area contributed by atoms with E-state index in [1.807, 2.05) is 0 Å². The minimum atomic E-state index is -4.84. The number of carbonyl (C=O) groups excluding carboxylic acids is 1. The number of anilines is 1. The maximum absolute atomic E-state index is 13.9. The topological polar surface area (TPSA) is 114 Å². The second-order valence-corrected chi connectivity index (χ2v) is 6.24. The molecule has 1 heterocycles. The van der Waals surface area contributed by atoms with Crippen molar-refractivity contribution in [2.45, 2.75) is 13.7 Å². The van der Waals surface area contributed by atoms with Crippen molar-refractivity contribution in [1.29, 1.82) is 0 Å². The van der Waals surface area contributed by atoms with Crippen LogP contribution in [0.1, 0.15) is 16.1 Å². The van der Waals surface area contributed by atoms with Gasteiger partial charge >= 0.3 is 7.82 Å². The lowest BCUT2D eigenvalue weighted by atomic mass is 10.2. The van der Waals surface area contributed by atoms with Gasteiger partial charge in [-0.15, -0.1) is 0 Å². The molecular weight excluding hydrogens is 371 g/mol. The number of phosphoric ester groups is 1. The van der Waals surface area contributed by atoms with Gasteiger partial charge in [-0.1, -0.05) is 17.7 Å². The molecule has 0 atom stereocenters. The maximum Gasteiger partial charge on any atom is 0.471 e. The monoisotopic (exact) mass is 381 g/mol. The third-order valence-electron chi connectivity index (χ3n) is 2.77. The second-order valence-electron chi connectivity index (χ2n) is 4.64. The minimum absolute atomic E-state index is 0.192. The molecule has 0 saturated carbocycles. The van der Waals surface area contributed by atoms with E-state index in [0.717, 1.165) is 0 Å². The molecule has 0 aliphatic carbocycles. The fourth-order valence-electron chi connectivity index (χ4n) is 1.68. The second kappa shape index (κ2) is 6.96. The number of halogens is 3. The van der Waals surface area contributed by atoms with Crippen LogP contribution in [0.4, 0.5) is 14.5 Å². The van der Waals surface area contributed by atoms with E-state index in [1.165, 1.54) is 18.2 Å². The molecule has 1 amide bonds. The molecule has 0 spiro atoms. The largest absolute Gasteiger partial charge is 0.471 e. The van der Waals surface area contributed by atoms with E-state index >= 15 is 0 Å². The number of nitrogens with zero attached hydrogens (tertiary/aromatic N) is 2. The van der Waals surface area contributed by atoms with Crippen molar-refractivity contribution in [3.63, 3.8) is 0 Å². The van der Waals surface area contributed by atoms with Gasteiger partial charge in [0.15, 0.2) is 23.4 Å². The average molecular weight is 382 g/mol. The fourth-order valence-corrected chi connectivity index (χ4v) is 2.12. The molecule has 0 aliphatic rings. The quantitative estimate of drug-likeness (QED) is 0.685. The summed E-state index contributed by atoms with van der Waals surface area (Å²) in [7, 11) is -4.84. The maximum atomic E-state index is 13.9. The Morgan fingerprint density at radius 3 is 2.71 bits per heavy atom. The molecule has 2 rings (SSSR count). The van der Waals surface area contributed by atoms with E-state index in [9.17, 15) is 18.1 Å². The lowest BCUT2D eigenvalue weighted by Gasteiger charge is -2.06. The normalized spacial score (nSPS) is 11.6. The molecule has 0 bridgehead atoms. The van der Waals surface area contributed by atoms with Gasteiger partial charge in [-0.05, 0) is 24.6 Å². The van der Waals surface area contributed by atoms with Gasteiger partial charge in [-0.3, -0.25) is 9.32 Å². The summed E-state index contributed by atoms with van der Waals surface area (Å²) in [6.45, 7) is 0.767. The Bertz CT molecular complexity index is 838. The van der Waals surface area contributed by atoms with Crippen LogP contribution in [0.2, 0.25) is 5.15 Å². The van der Waals surface area contributed by atoms with Crippen LogP contribution < -0.4 is 5.32 Å². The van der Waals surface area contributed by atoms with Crippen LogP contribution in [0.15, 0.2) is 18.2 Å². The minimum Gasteiger partial charge on any atom is -0.318 e. The van der Waals surface area contributed by atoms with Crippen LogP contribution in [0, 0.1) is 18.6 Å². The molecular formula is C12H11ClF2N3O5P. The van der Waals surface area contributed by atoms with Gasteiger partial charge in [0.05, 0.1) is 5.69 Å². The van der Waals surface area contributed by atoms with E-state index in [2.05, 4.69) is 14.9 Å². The van der Waals surface area contributed by atoms with E-state index in [-0.39, 0.29) is 5.69 Å². The van der Waals surface area contributed by atoms with Crippen molar-refractivity contribution in [2.24, 2.45) is 0 Å². The van der Waals surface area contributed by atoms with E-state index in [4.69, 9.17) is 21.4 Å². The highest BCUT2D eigenvalue weighted by molar-refractivity contribution is 7.46. The van der Waals surface area contributed by atoms with Gasteiger partial charge in [0.2, 0.25) is 0 Å². The number of benzene rings is 1. The summed E-state index contributed by atoms with van der Waals surface area (Å²) in [6.07, 6.45) is 0. The first-order chi connectivity index (χ1) is 11.1. The van der Waals surface area contributed by atoms with Crippen molar-refractivity contribution < 1.29 is 32.5 Å². The van der Waals surface area contributed by atoms with Crippen LogP contribution in [-0.4, -0.2) is 25.5 Å². The van der Waals surface area contributed by atoms with Crippen LogP contribution in [0.3, 0.4) is 0 Å². The molecule has 130 valence electrons. The molecule has 3 N–H and O–H groups in total. The molecule has 2 aromatic rings. The highest BCUT2D eigenvalue weighted by Crippen LogP contribution is 2.36. The van der Waals surface area contributed by atoms with Crippen LogP contribution in [0.5, 0.6) is 0 Å². The summed E-state index contributed by atoms with van der Waals surface area (Å²) in [5, 5.41) is 4.89.